The number of rotatable bonds is 1. The number of pyridine rings is 1. The molecule has 2 N–H and O–H groups in total. The smallest absolute Gasteiger partial charge is 0.178 e. The van der Waals surface area contributed by atoms with Crippen LogP contribution in [0.5, 0.6) is 5.75 Å². The van der Waals surface area contributed by atoms with E-state index >= 15 is 0 Å². The first-order valence-electron chi connectivity index (χ1n) is 5.03. The summed E-state index contributed by atoms with van der Waals surface area (Å²) in [7, 11) is 0. The molecule has 1 aromatic carbocycles. The van der Waals surface area contributed by atoms with Gasteiger partial charge in [0.25, 0.3) is 0 Å². The van der Waals surface area contributed by atoms with Crippen LogP contribution in [-0.2, 0) is 0 Å². The number of aromatic hydroxyl groups is 1. The van der Waals surface area contributed by atoms with E-state index in [0.717, 1.165) is 9.99 Å². The number of hydrogen-bond acceptors (Lipinski definition) is 3. The van der Waals surface area contributed by atoms with Gasteiger partial charge in [-0.3, -0.25) is 0 Å². The summed E-state index contributed by atoms with van der Waals surface area (Å²) in [4.78, 5) is 11.6. The number of H-pyrrole nitrogens is 1. The Kier molecular flexibility index (Phi) is 2.33. The third-order valence-corrected chi connectivity index (χ3v) is 2.97. The van der Waals surface area contributed by atoms with Gasteiger partial charge in [-0.2, -0.15) is 0 Å². The van der Waals surface area contributed by atoms with E-state index in [9.17, 15) is 5.11 Å². The summed E-state index contributed by atoms with van der Waals surface area (Å²) in [5.74, 6) is 0.794. The van der Waals surface area contributed by atoms with Crippen molar-refractivity contribution in [1.29, 1.82) is 0 Å². The van der Waals surface area contributed by atoms with Gasteiger partial charge in [-0.05, 0) is 30.3 Å². The molecule has 0 bridgehead atoms. The molecule has 3 rings (SSSR count). The number of aromatic amines is 1. The number of halogens is 1. The Balaban J connectivity index is 2.20. The van der Waals surface area contributed by atoms with Gasteiger partial charge in [-0.1, -0.05) is 15.9 Å². The fraction of sp³-hybridized carbons (Fsp3) is 0. The number of nitrogens with one attached hydrogen (secondary N) is 1. The lowest BCUT2D eigenvalue weighted by Crippen LogP contribution is -1.81. The van der Waals surface area contributed by atoms with Gasteiger partial charge >= 0.3 is 0 Å². The van der Waals surface area contributed by atoms with Crippen LogP contribution in [0, 0.1) is 0 Å². The van der Waals surface area contributed by atoms with Crippen molar-refractivity contribution in [2.75, 3.05) is 0 Å². The molecule has 17 heavy (non-hydrogen) atoms. The Bertz CT molecular complexity index is 660. The average molecular weight is 290 g/mol. The highest BCUT2D eigenvalue weighted by Crippen LogP contribution is 2.30. The zero-order chi connectivity index (χ0) is 11.8. The van der Waals surface area contributed by atoms with E-state index in [1.54, 1.807) is 18.3 Å². The lowest BCUT2D eigenvalue weighted by Gasteiger charge is -2.00. The minimum absolute atomic E-state index is 0.179. The molecule has 3 aromatic rings. The Morgan fingerprint density at radius 2 is 2.12 bits per heavy atom. The van der Waals surface area contributed by atoms with Gasteiger partial charge < -0.3 is 10.1 Å². The lowest BCUT2D eigenvalue weighted by molar-refractivity contribution is 0.476. The third-order valence-electron chi connectivity index (χ3n) is 2.47. The highest BCUT2D eigenvalue weighted by molar-refractivity contribution is 9.10. The maximum absolute atomic E-state index is 9.86. The van der Waals surface area contributed by atoms with E-state index in [1.807, 2.05) is 18.2 Å². The molecule has 0 aliphatic carbocycles. The number of benzene rings is 1. The number of aromatic nitrogens is 3. The molecule has 0 amide bonds. The van der Waals surface area contributed by atoms with Crippen LogP contribution < -0.4 is 0 Å². The van der Waals surface area contributed by atoms with Crippen molar-refractivity contribution in [3.05, 3.63) is 41.0 Å². The number of imidazole rings is 1. The van der Waals surface area contributed by atoms with Gasteiger partial charge in [0.1, 0.15) is 11.6 Å². The van der Waals surface area contributed by atoms with Crippen molar-refractivity contribution >= 4 is 27.1 Å². The van der Waals surface area contributed by atoms with Crippen LogP contribution in [0.3, 0.4) is 0 Å². The molecule has 0 spiro atoms. The van der Waals surface area contributed by atoms with Gasteiger partial charge in [0.15, 0.2) is 5.65 Å². The van der Waals surface area contributed by atoms with E-state index in [0.29, 0.717) is 17.0 Å². The highest BCUT2D eigenvalue weighted by atomic mass is 79.9. The van der Waals surface area contributed by atoms with Crippen LogP contribution in [0.2, 0.25) is 0 Å². The molecule has 0 atom stereocenters. The molecule has 0 radical (unpaired) electrons. The molecule has 5 heteroatoms. The van der Waals surface area contributed by atoms with E-state index in [-0.39, 0.29) is 5.75 Å². The number of hydrogen-bond donors (Lipinski definition) is 2. The molecule has 2 heterocycles. The van der Waals surface area contributed by atoms with Crippen LogP contribution in [0.1, 0.15) is 0 Å². The Morgan fingerprint density at radius 3 is 2.88 bits per heavy atom. The van der Waals surface area contributed by atoms with Crippen LogP contribution in [-0.4, -0.2) is 20.1 Å². The van der Waals surface area contributed by atoms with Crippen molar-refractivity contribution in [2.45, 2.75) is 0 Å². The summed E-state index contributed by atoms with van der Waals surface area (Å²) < 4.78 is 0.827. The quantitative estimate of drug-likeness (QED) is 0.724. The van der Waals surface area contributed by atoms with Crippen molar-refractivity contribution in [3.63, 3.8) is 0 Å². The standard InChI is InChI=1S/C12H8BrN3O/c13-7-3-4-8(10(17)6-7)11-15-9-2-1-5-14-12(9)16-11/h1-6,17H,(H,14,15,16). The molecule has 0 aliphatic rings. The number of nitrogens with zero attached hydrogens (tertiary/aromatic N) is 2. The first-order chi connectivity index (χ1) is 8.24. The summed E-state index contributed by atoms with van der Waals surface area (Å²) in [6.45, 7) is 0. The minimum Gasteiger partial charge on any atom is -0.507 e. The van der Waals surface area contributed by atoms with Crippen molar-refractivity contribution in [1.82, 2.24) is 15.0 Å². The summed E-state index contributed by atoms with van der Waals surface area (Å²) in [6.07, 6.45) is 1.69. The fourth-order valence-corrected chi connectivity index (χ4v) is 2.03. The van der Waals surface area contributed by atoms with Gasteiger partial charge in [0, 0.05) is 10.7 Å². The Morgan fingerprint density at radius 1 is 1.24 bits per heavy atom. The molecule has 0 fully saturated rings. The van der Waals surface area contributed by atoms with E-state index in [4.69, 9.17) is 0 Å². The first kappa shape index (κ1) is 10.3. The fourth-order valence-electron chi connectivity index (χ4n) is 1.68. The normalized spacial score (nSPS) is 10.9. The molecule has 4 nitrogen and oxygen atoms in total. The predicted octanol–water partition coefficient (Wildman–Crippen LogP) is 3.09. The predicted molar refractivity (Wildman–Crippen MR) is 68.7 cm³/mol. The summed E-state index contributed by atoms with van der Waals surface area (Å²) in [6, 6.07) is 9.03. The second-order valence-electron chi connectivity index (χ2n) is 3.62. The van der Waals surface area contributed by atoms with Crippen LogP contribution in [0.15, 0.2) is 41.0 Å². The van der Waals surface area contributed by atoms with Crippen molar-refractivity contribution < 1.29 is 5.11 Å². The van der Waals surface area contributed by atoms with E-state index < -0.39 is 0 Å². The second-order valence-corrected chi connectivity index (χ2v) is 4.54. The van der Waals surface area contributed by atoms with Crippen LogP contribution in [0.4, 0.5) is 0 Å². The zero-order valence-electron chi connectivity index (χ0n) is 8.68. The largest absolute Gasteiger partial charge is 0.507 e. The summed E-state index contributed by atoms with van der Waals surface area (Å²) >= 11 is 3.30. The molecular formula is C12H8BrN3O. The number of phenols is 1. The van der Waals surface area contributed by atoms with Gasteiger partial charge in [0.2, 0.25) is 0 Å². The number of phenolic OH excluding ortho intramolecular Hbond substituents is 1. The minimum atomic E-state index is 0.179. The molecule has 0 unspecified atom stereocenters. The first-order valence-corrected chi connectivity index (χ1v) is 5.83. The molecule has 84 valence electrons. The Labute approximate surface area is 105 Å². The average Bonchev–Trinajstić information content (AvgIpc) is 2.72. The van der Waals surface area contributed by atoms with Gasteiger partial charge in [-0.25, -0.2) is 9.97 Å². The highest BCUT2D eigenvalue weighted by Gasteiger charge is 2.09. The molecule has 2 aromatic heterocycles. The van der Waals surface area contributed by atoms with E-state index in [1.165, 1.54) is 0 Å². The van der Waals surface area contributed by atoms with Crippen molar-refractivity contribution in [2.24, 2.45) is 0 Å². The maximum Gasteiger partial charge on any atom is 0.178 e. The van der Waals surface area contributed by atoms with Crippen LogP contribution >= 0.6 is 15.9 Å². The molecule has 0 aliphatic heterocycles. The van der Waals surface area contributed by atoms with Crippen LogP contribution in [0.25, 0.3) is 22.6 Å². The molecule has 0 saturated carbocycles. The van der Waals surface area contributed by atoms with Gasteiger partial charge in [0.05, 0.1) is 11.1 Å². The monoisotopic (exact) mass is 289 g/mol. The molecule has 0 saturated heterocycles. The topological polar surface area (TPSA) is 61.8 Å². The second kappa shape index (κ2) is 3.85. The zero-order valence-corrected chi connectivity index (χ0v) is 10.3. The summed E-state index contributed by atoms with van der Waals surface area (Å²) in [5, 5.41) is 9.86. The van der Waals surface area contributed by atoms with Crippen molar-refractivity contribution in [3.8, 4) is 17.1 Å². The number of fused-ring (bicyclic) bond motifs is 1. The third kappa shape index (κ3) is 1.78. The lowest BCUT2D eigenvalue weighted by atomic mass is 10.2. The summed E-state index contributed by atoms with van der Waals surface area (Å²) in [5.41, 5.74) is 2.15. The van der Waals surface area contributed by atoms with E-state index in [2.05, 4.69) is 30.9 Å². The maximum atomic E-state index is 9.86. The van der Waals surface area contributed by atoms with Gasteiger partial charge in [-0.15, -0.1) is 0 Å². The molecular weight excluding hydrogens is 282 g/mol. The SMILES string of the molecule is Oc1cc(Br)ccc1-c1nc2ncccc2[nH]1. The Hall–Kier alpha value is -1.88.